The molecule has 0 aliphatic carbocycles. The lowest BCUT2D eigenvalue weighted by Crippen LogP contribution is -2.26. The number of rotatable bonds is 7. The lowest BCUT2D eigenvalue weighted by Gasteiger charge is -2.15. The van der Waals surface area contributed by atoms with E-state index in [0.29, 0.717) is 17.9 Å². The number of nitrogens with zero attached hydrogens (tertiary/aromatic N) is 5. The van der Waals surface area contributed by atoms with Crippen LogP contribution in [0.25, 0.3) is 0 Å². The van der Waals surface area contributed by atoms with Crippen LogP contribution in [0.15, 0.2) is 46.2 Å². The number of benzene rings is 1. The quantitative estimate of drug-likeness (QED) is 0.475. The van der Waals surface area contributed by atoms with Gasteiger partial charge < -0.3 is 19.5 Å². The van der Waals surface area contributed by atoms with E-state index in [2.05, 4.69) is 20.4 Å². The SMILES string of the molecule is CC(=O)Nc1ccc(S(=O)(=O)N(C)Cc2nc(Cc3cncn3C)no2)cc1.O=C(O)C(F)(F)F. The van der Waals surface area contributed by atoms with Gasteiger partial charge in [-0.1, -0.05) is 5.16 Å². The van der Waals surface area contributed by atoms with E-state index in [9.17, 15) is 26.4 Å². The average molecular weight is 518 g/mol. The number of carboxylic acids is 1. The molecular formula is C19H21F3N6O6S. The predicted octanol–water partition coefficient (Wildman–Crippen LogP) is 1.81. The van der Waals surface area contributed by atoms with Gasteiger partial charge in [0.2, 0.25) is 21.8 Å². The highest BCUT2D eigenvalue weighted by atomic mass is 32.2. The Kier molecular flexibility index (Phi) is 8.70. The number of aromatic nitrogens is 4. The van der Waals surface area contributed by atoms with Gasteiger partial charge >= 0.3 is 12.1 Å². The zero-order valence-electron chi connectivity index (χ0n) is 18.6. The number of anilines is 1. The maximum absolute atomic E-state index is 12.7. The highest BCUT2D eigenvalue weighted by Gasteiger charge is 2.38. The Morgan fingerprint density at radius 3 is 2.31 bits per heavy atom. The fraction of sp³-hybridized carbons (Fsp3) is 0.316. The smallest absolute Gasteiger partial charge is 0.475 e. The Labute approximate surface area is 197 Å². The van der Waals surface area contributed by atoms with Crippen molar-refractivity contribution in [3.63, 3.8) is 0 Å². The molecule has 1 aromatic carbocycles. The summed E-state index contributed by atoms with van der Waals surface area (Å²) in [7, 11) is -0.456. The maximum Gasteiger partial charge on any atom is 0.490 e. The Morgan fingerprint density at radius 1 is 1.23 bits per heavy atom. The molecule has 2 N–H and O–H groups in total. The molecule has 2 heterocycles. The number of carbonyl (C=O) groups excluding carboxylic acids is 1. The van der Waals surface area contributed by atoms with Crippen LogP contribution >= 0.6 is 0 Å². The number of alkyl halides is 3. The van der Waals surface area contributed by atoms with E-state index < -0.39 is 22.2 Å². The van der Waals surface area contributed by atoms with Crippen LogP contribution < -0.4 is 5.32 Å². The fourth-order valence-electron chi connectivity index (χ4n) is 2.51. The summed E-state index contributed by atoms with van der Waals surface area (Å²) in [6.07, 6.45) is -1.27. The number of amides is 1. The highest BCUT2D eigenvalue weighted by molar-refractivity contribution is 7.89. The van der Waals surface area contributed by atoms with Gasteiger partial charge in [0.1, 0.15) is 0 Å². The van der Waals surface area contributed by atoms with Gasteiger partial charge in [0, 0.05) is 38.6 Å². The lowest BCUT2D eigenvalue weighted by molar-refractivity contribution is -0.192. The first-order valence-electron chi connectivity index (χ1n) is 9.61. The number of nitrogens with one attached hydrogen (secondary N) is 1. The van der Waals surface area contributed by atoms with Crippen molar-refractivity contribution in [2.75, 3.05) is 12.4 Å². The van der Waals surface area contributed by atoms with Crippen molar-refractivity contribution < 1.29 is 40.8 Å². The van der Waals surface area contributed by atoms with Crippen LogP contribution in [-0.2, 0) is 39.6 Å². The van der Waals surface area contributed by atoms with Crippen LogP contribution in [0.1, 0.15) is 24.3 Å². The molecule has 0 spiro atoms. The van der Waals surface area contributed by atoms with Crippen LogP contribution in [0.2, 0.25) is 0 Å². The second-order valence-electron chi connectivity index (χ2n) is 7.05. The first-order chi connectivity index (χ1) is 16.2. The number of carboxylic acid groups (broad SMARTS) is 1. The monoisotopic (exact) mass is 518 g/mol. The molecule has 0 aliphatic heterocycles. The third kappa shape index (κ3) is 7.89. The van der Waals surface area contributed by atoms with Gasteiger partial charge in [-0.15, -0.1) is 0 Å². The summed E-state index contributed by atoms with van der Waals surface area (Å²) < 4.78 is 65.3. The van der Waals surface area contributed by atoms with Gasteiger partial charge in [-0.05, 0) is 24.3 Å². The Hall–Kier alpha value is -3.79. The largest absolute Gasteiger partial charge is 0.490 e. The van der Waals surface area contributed by atoms with E-state index in [1.807, 2.05) is 11.6 Å². The first-order valence-corrected chi connectivity index (χ1v) is 11.0. The number of hydrogen-bond acceptors (Lipinski definition) is 8. The Morgan fingerprint density at radius 2 is 1.83 bits per heavy atom. The molecule has 0 fully saturated rings. The molecule has 3 rings (SSSR count). The summed E-state index contributed by atoms with van der Waals surface area (Å²) in [6.45, 7) is 1.32. The van der Waals surface area contributed by atoms with E-state index in [0.717, 1.165) is 10.00 Å². The summed E-state index contributed by atoms with van der Waals surface area (Å²) in [5.41, 5.74) is 1.43. The van der Waals surface area contributed by atoms with Crippen molar-refractivity contribution in [3.05, 3.63) is 54.2 Å². The van der Waals surface area contributed by atoms with Gasteiger partial charge in [0.05, 0.1) is 24.2 Å². The number of sulfonamides is 1. The molecule has 16 heteroatoms. The van der Waals surface area contributed by atoms with Gasteiger partial charge in [-0.2, -0.15) is 22.5 Å². The molecule has 0 saturated carbocycles. The van der Waals surface area contributed by atoms with Crippen molar-refractivity contribution in [2.24, 2.45) is 7.05 Å². The fourth-order valence-corrected chi connectivity index (χ4v) is 3.63. The summed E-state index contributed by atoms with van der Waals surface area (Å²) >= 11 is 0. The molecule has 0 bridgehead atoms. The highest BCUT2D eigenvalue weighted by Crippen LogP contribution is 2.19. The zero-order chi connectivity index (χ0) is 26.4. The van der Waals surface area contributed by atoms with Crippen molar-refractivity contribution in [1.82, 2.24) is 24.0 Å². The number of carbonyl (C=O) groups is 2. The summed E-state index contributed by atoms with van der Waals surface area (Å²) in [4.78, 5) is 28.3. The first kappa shape index (κ1) is 27.5. The van der Waals surface area contributed by atoms with E-state index in [-0.39, 0.29) is 23.2 Å². The number of hydrogen-bond donors (Lipinski definition) is 2. The van der Waals surface area contributed by atoms with Crippen LogP contribution in [0, 0.1) is 0 Å². The minimum absolute atomic E-state index is 0.0613. The minimum Gasteiger partial charge on any atom is -0.475 e. The number of aliphatic carboxylic acids is 1. The Balaban J connectivity index is 0.000000540. The lowest BCUT2D eigenvalue weighted by atomic mass is 10.3. The standard InChI is InChI=1S/C17H20N6O4S.C2HF3O2/c1-12(24)19-13-4-6-15(7-5-13)28(25,26)23(3)10-17-20-16(21-27-17)8-14-9-18-11-22(14)2;3-2(4,5)1(6)7/h4-7,9,11H,8,10H2,1-3H3,(H,19,24);(H,6,7). The zero-order valence-corrected chi connectivity index (χ0v) is 19.5. The third-order valence-corrected chi connectivity index (χ3v) is 6.07. The van der Waals surface area contributed by atoms with E-state index in [4.69, 9.17) is 14.4 Å². The molecule has 0 saturated heterocycles. The average Bonchev–Trinajstić information content (AvgIpc) is 3.36. The number of imidazole rings is 1. The van der Waals surface area contributed by atoms with Crippen molar-refractivity contribution in [1.29, 1.82) is 0 Å². The predicted molar refractivity (Wildman–Crippen MR) is 113 cm³/mol. The number of aryl methyl sites for hydroxylation is 1. The van der Waals surface area contributed by atoms with Crippen LogP contribution in [0.3, 0.4) is 0 Å². The molecule has 12 nitrogen and oxygen atoms in total. The molecule has 3 aromatic rings. The number of halogens is 3. The Bertz CT molecular complexity index is 1270. The maximum atomic E-state index is 12.7. The second kappa shape index (κ2) is 11.1. The molecule has 0 radical (unpaired) electrons. The summed E-state index contributed by atoms with van der Waals surface area (Å²) in [5.74, 6) is -2.35. The van der Waals surface area contributed by atoms with Crippen molar-refractivity contribution >= 4 is 27.6 Å². The molecule has 0 unspecified atom stereocenters. The molecule has 2 aromatic heterocycles. The normalized spacial score (nSPS) is 11.6. The molecule has 35 heavy (non-hydrogen) atoms. The van der Waals surface area contributed by atoms with Gasteiger partial charge in [0.15, 0.2) is 5.82 Å². The van der Waals surface area contributed by atoms with Crippen LogP contribution in [0.5, 0.6) is 0 Å². The minimum atomic E-state index is -5.08. The van der Waals surface area contributed by atoms with Gasteiger partial charge in [0.25, 0.3) is 0 Å². The third-order valence-electron chi connectivity index (χ3n) is 4.25. The van der Waals surface area contributed by atoms with E-state index in [1.165, 1.54) is 38.2 Å². The van der Waals surface area contributed by atoms with Gasteiger partial charge in [-0.3, -0.25) is 4.79 Å². The summed E-state index contributed by atoms with van der Waals surface area (Å²) in [6, 6.07) is 5.92. The molecule has 0 atom stereocenters. The van der Waals surface area contributed by atoms with Crippen molar-refractivity contribution in [2.45, 2.75) is 31.0 Å². The molecule has 190 valence electrons. The van der Waals surface area contributed by atoms with Crippen LogP contribution in [0.4, 0.5) is 18.9 Å². The van der Waals surface area contributed by atoms with Crippen LogP contribution in [-0.4, -0.2) is 62.6 Å². The summed E-state index contributed by atoms with van der Waals surface area (Å²) in [5, 5.41) is 13.6. The second-order valence-corrected chi connectivity index (χ2v) is 9.09. The van der Waals surface area contributed by atoms with E-state index in [1.54, 1.807) is 12.5 Å². The van der Waals surface area contributed by atoms with Crippen molar-refractivity contribution in [3.8, 4) is 0 Å². The molecule has 0 aliphatic rings. The molecule has 1 amide bonds. The molecular weight excluding hydrogens is 497 g/mol. The topological polar surface area (TPSA) is 161 Å². The van der Waals surface area contributed by atoms with E-state index >= 15 is 0 Å². The van der Waals surface area contributed by atoms with Gasteiger partial charge in [-0.25, -0.2) is 18.2 Å².